The second-order valence-electron chi connectivity index (χ2n) is 4.82. The number of hydrogen-bond acceptors (Lipinski definition) is 4. The number of ether oxygens (including phenoxy) is 2. The first kappa shape index (κ1) is 17.1. The second kappa shape index (κ2) is 9.91. The number of nitrogens with one attached hydrogen (secondary N) is 1. The molecule has 1 rings (SSSR count). The Hall–Kier alpha value is -0.910. The van der Waals surface area contributed by atoms with E-state index in [9.17, 15) is 0 Å². The number of rotatable bonds is 11. The number of hydrogen-bond donors (Lipinski definition) is 1. The van der Waals surface area contributed by atoms with Crippen molar-refractivity contribution in [1.29, 1.82) is 0 Å². The largest absolute Gasteiger partial charge is 0.385 e. The summed E-state index contributed by atoms with van der Waals surface area (Å²) in [6, 6.07) is 0. The molecule has 0 aliphatic heterocycles. The van der Waals surface area contributed by atoms with Gasteiger partial charge in [-0.15, -0.1) is 0 Å². The quantitative estimate of drug-likeness (QED) is 0.629. The highest BCUT2D eigenvalue weighted by Crippen LogP contribution is 2.16. The summed E-state index contributed by atoms with van der Waals surface area (Å²) in [5, 5.41) is 8.19. The van der Waals surface area contributed by atoms with Crippen LogP contribution < -0.4 is 5.32 Å². The Bertz CT molecular complexity index is 377. The van der Waals surface area contributed by atoms with Crippen LogP contribution in [-0.2, 0) is 35.4 Å². The summed E-state index contributed by atoms with van der Waals surface area (Å²) in [4.78, 5) is 0. The van der Waals surface area contributed by atoms with Crippen LogP contribution in [0.2, 0.25) is 0 Å². The average molecular weight is 283 g/mol. The summed E-state index contributed by atoms with van der Waals surface area (Å²) in [5.74, 6) is 0. The maximum absolute atomic E-state index is 5.12. The van der Waals surface area contributed by atoms with Crippen molar-refractivity contribution in [2.24, 2.45) is 0 Å². The van der Waals surface area contributed by atoms with E-state index in [0.717, 1.165) is 52.1 Å². The summed E-state index contributed by atoms with van der Waals surface area (Å²) in [6.07, 6.45) is 3.00. The molecule has 5 heteroatoms. The molecule has 20 heavy (non-hydrogen) atoms. The summed E-state index contributed by atoms with van der Waals surface area (Å²) < 4.78 is 12.3. The molecular formula is C15H29N3O2. The van der Waals surface area contributed by atoms with Gasteiger partial charge in [0.15, 0.2) is 0 Å². The van der Waals surface area contributed by atoms with Crippen molar-refractivity contribution in [3.63, 3.8) is 0 Å². The molecule has 0 saturated heterocycles. The van der Waals surface area contributed by atoms with Gasteiger partial charge < -0.3 is 14.8 Å². The summed E-state index contributed by atoms with van der Waals surface area (Å²) in [6.45, 7) is 8.57. The molecule has 0 aliphatic rings. The van der Waals surface area contributed by atoms with Crippen molar-refractivity contribution in [2.45, 2.75) is 46.2 Å². The molecule has 1 aromatic heterocycles. The van der Waals surface area contributed by atoms with E-state index in [2.05, 4.69) is 23.8 Å². The number of aromatic nitrogens is 2. The van der Waals surface area contributed by atoms with E-state index >= 15 is 0 Å². The molecule has 0 amide bonds. The zero-order chi connectivity index (χ0) is 14.8. The lowest BCUT2D eigenvalue weighted by atomic mass is 10.1. The molecule has 0 spiro atoms. The van der Waals surface area contributed by atoms with E-state index in [1.54, 1.807) is 14.2 Å². The highest BCUT2D eigenvalue weighted by Gasteiger charge is 2.14. The minimum Gasteiger partial charge on any atom is -0.385 e. The summed E-state index contributed by atoms with van der Waals surface area (Å²) >= 11 is 0. The SMILES string of the molecule is CCc1nn(CCCOC)c(CC)c1CNCCOC. The first-order valence-electron chi connectivity index (χ1n) is 7.54. The Morgan fingerprint density at radius 2 is 1.85 bits per heavy atom. The third-order valence-electron chi connectivity index (χ3n) is 3.42. The van der Waals surface area contributed by atoms with Gasteiger partial charge in [-0.1, -0.05) is 13.8 Å². The van der Waals surface area contributed by atoms with E-state index in [0.29, 0.717) is 0 Å². The number of methoxy groups -OCH3 is 2. The predicted molar refractivity (Wildman–Crippen MR) is 81.1 cm³/mol. The lowest BCUT2D eigenvalue weighted by Crippen LogP contribution is -2.20. The molecule has 0 unspecified atom stereocenters. The molecule has 0 radical (unpaired) electrons. The Morgan fingerprint density at radius 1 is 1.10 bits per heavy atom. The van der Waals surface area contributed by atoms with Crippen molar-refractivity contribution < 1.29 is 9.47 Å². The van der Waals surface area contributed by atoms with Gasteiger partial charge in [-0.05, 0) is 19.3 Å². The van der Waals surface area contributed by atoms with Crippen molar-refractivity contribution in [3.05, 3.63) is 17.0 Å². The van der Waals surface area contributed by atoms with Crippen LogP contribution in [0, 0.1) is 0 Å². The van der Waals surface area contributed by atoms with Crippen LogP contribution in [-0.4, -0.2) is 43.8 Å². The minimum absolute atomic E-state index is 0.741. The van der Waals surface area contributed by atoms with Crippen LogP contribution in [0.1, 0.15) is 37.2 Å². The normalized spacial score (nSPS) is 11.2. The van der Waals surface area contributed by atoms with Gasteiger partial charge in [0.25, 0.3) is 0 Å². The average Bonchev–Trinajstić information content (AvgIpc) is 2.81. The van der Waals surface area contributed by atoms with Gasteiger partial charge in [-0.25, -0.2) is 0 Å². The van der Waals surface area contributed by atoms with E-state index in [-0.39, 0.29) is 0 Å². The maximum Gasteiger partial charge on any atom is 0.0669 e. The van der Waals surface area contributed by atoms with Crippen LogP contribution in [0.5, 0.6) is 0 Å². The highest BCUT2D eigenvalue weighted by atomic mass is 16.5. The Balaban J connectivity index is 2.73. The van der Waals surface area contributed by atoms with Gasteiger partial charge in [0.05, 0.1) is 12.3 Å². The molecule has 0 bridgehead atoms. The third-order valence-corrected chi connectivity index (χ3v) is 3.42. The fraction of sp³-hybridized carbons (Fsp3) is 0.800. The Kier molecular flexibility index (Phi) is 8.49. The molecule has 5 nitrogen and oxygen atoms in total. The Labute approximate surface area is 122 Å². The second-order valence-corrected chi connectivity index (χ2v) is 4.82. The smallest absolute Gasteiger partial charge is 0.0669 e. The van der Waals surface area contributed by atoms with Gasteiger partial charge in [-0.2, -0.15) is 5.10 Å². The van der Waals surface area contributed by atoms with Gasteiger partial charge in [0, 0.05) is 51.7 Å². The molecule has 0 aliphatic carbocycles. The summed E-state index contributed by atoms with van der Waals surface area (Å²) in [5.41, 5.74) is 3.93. The molecule has 0 atom stereocenters. The van der Waals surface area contributed by atoms with Crippen LogP contribution in [0.4, 0.5) is 0 Å². The summed E-state index contributed by atoms with van der Waals surface area (Å²) in [7, 11) is 3.47. The van der Waals surface area contributed by atoms with E-state index in [1.807, 2.05) is 0 Å². The topological polar surface area (TPSA) is 48.3 Å². The lowest BCUT2D eigenvalue weighted by Gasteiger charge is -2.09. The maximum atomic E-state index is 5.12. The molecular weight excluding hydrogens is 254 g/mol. The molecule has 0 saturated carbocycles. The first-order valence-corrected chi connectivity index (χ1v) is 7.54. The molecule has 1 heterocycles. The zero-order valence-corrected chi connectivity index (χ0v) is 13.4. The van der Waals surface area contributed by atoms with Crippen molar-refractivity contribution in [2.75, 3.05) is 34.0 Å². The van der Waals surface area contributed by atoms with Crippen LogP contribution in [0.3, 0.4) is 0 Å². The molecule has 0 aromatic carbocycles. The van der Waals surface area contributed by atoms with Gasteiger partial charge in [-0.3, -0.25) is 4.68 Å². The fourth-order valence-corrected chi connectivity index (χ4v) is 2.40. The highest BCUT2D eigenvalue weighted by molar-refractivity contribution is 5.26. The van der Waals surface area contributed by atoms with Gasteiger partial charge in [0.2, 0.25) is 0 Å². The molecule has 0 fully saturated rings. The monoisotopic (exact) mass is 283 g/mol. The predicted octanol–water partition coefficient (Wildman–Crippen LogP) is 1.78. The first-order chi connectivity index (χ1) is 9.78. The van der Waals surface area contributed by atoms with Crippen molar-refractivity contribution >= 4 is 0 Å². The van der Waals surface area contributed by atoms with E-state index < -0.39 is 0 Å². The zero-order valence-electron chi connectivity index (χ0n) is 13.4. The van der Waals surface area contributed by atoms with Gasteiger partial charge in [0.1, 0.15) is 0 Å². The van der Waals surface area contributed by atoms with E-state index in [1.165, 1.54) is 17.0 Å². The van der Waals surface area contributed by atoms with Crippen molar-refractivity contribution in [3.8, 4) is 0 Å². The minimum atomic E-state index is 0.741. The van der Waals surface area contributed by atoms with E-state index in [4.69, 9.17) is 14.6 Å². The molecule has 1 aromatic rings. The fourth-order valence-electron chi connectivity index (χ4n) is 2.40. The molecule has 1 N–H and O–H groups in total. The van der Waals surface area contributed by atoms with Crippen LogP contribution in [0.25, 0.3) is 0 Å². The third kappa shape index (κ3) is 4.89. The number of nitrogens with zero attached hydrogens (tertiary/aromatic N) is 2. The standard InChI is InChI=1S/C15H29N3O2/c1-5-14-13(12-16-8-11-20-4)15(6-2)18(17-14)9-7-10-19-3/h16H,5-12H2,1-4H3. The lowest BCUT2D eigenvalue weighted by molar-refractivity contribution is 0.188. The van der Waals surface area contributed by atoms with Crippen LogP contribution >= 0.6 is 0 Å². The van der Waals surface area contributed by atoms with Gasteiger partial charge >= 0.3 is 0 Å². The Morgan fingerprint density at radius 3 is 2.45 bits per heavy atom. The number of aryl methyl sites for hydroxylation is 2. The van der Waals surface area contributed by atoms with Crippen molar-refractivity contribution in [1.82, 2.24) is 15.1 Å². The molecule has 116 valence electrons. The van der Waals surface area contributed by atoms with Crippen LogP contribution in [0.15, 0.2) is 0 Å².